The summed E-state index contributed by atoms with van der Waals surface area (Å²) in [6.07, 6.45) is 0.458. The van der Waals surface area contributed by atoms with Crippen molar-refractivity contribution < 1.29 is 14.3 Å². The first-order valence-electron chi connectivity index (χ1n) is 6.62. The van der Waals surface area contributed by atoms with Crippen LogP contribution < -0.4 is 9.47 Å². The van der Waals surface area contributed by atoms with Gasteiger partial charge in [0.2, 0.25) is 0 Å². The van der Waals surface area contributed by atoms with Gasteiger partial charge in [0.1, 0.15) is 23.9 Å². The molecule has 0 aliphatic carbocycles. The zero-order chi connectivity index (χ0) is 15.2. The van der Waals surface area contributed by atoms with Gasteiger partial charge < -0.3 is 9.47 Å². The summed E-state index contributed by atoms with van der Waals surface area (Å²) in [5.41, 5.74) is 1.97. The van der Waals surface area contributed by atoms with Crippen molar-refractivity contribution in [2.24, 2.45) is 0 Å². The minimum Gasteiger partial charge on any atom is -0.496 e. The number of rotatable bonds is 6. The second-order valence-electron chi connectivity index (χ2n) is 4.77. The predicted octanol–water partition coefficient (Wildman–Crippen LogP) is 4.17. The Bertz CT molecular complexity index is 620. The summed E-state index contributed by atoms with van der Waals surface area (Å²) in [7, 11) is 1.64. The van der Waals surface area contributed by atoms with Crippen molar-refractivity contribution in [3.8, 4) is 11.5 Å². The summed E-state index contributed by atoms with van der Waals surface area (Å²) in [6, 6.07) is 13.4. The molecule has 0 aliphatic heterocycles. The molecule has 21 heavy (non-hydrogen) atoms. The number of ether oxygens (including phenoxy) is 2. The highest BCUT2D eigenvalue weighted by molar-refractivity contribution is 9.10. The first-order chi connectivity index (χ1) is 10.1. The van der Waals surface area contributed by atoms with Gasteiger partial charge in [0, 0.05) is 16.5 Å². The molecule has 0 bridgehead atoms. The Morgan fingerprint density at radius 1 is 1.14 bits per heavy atom. The van der Waals surface area contributed by atoms with Gasteiger partial charge in [-0.2, -0.15) is 0 Å². The SMILES string of the molecule is COc1ccc(Br)cc1COc1ccc(CC(C)=O)cc1. The second-order valence-corrected chi connectivity index (χ2v) is 5.68. The molecule has 0 aromatic heterocycles. The number of ketones is 1. The van der Waals surface area contributed by atoms with E-state index in [0.717, 1.165) is 27.1 Å². The number of Topliss-reactive ketones (excluding diaryl/α,β-unsaturated/α-hetero) is 1. The first-order valence-corrected chi connectivity index (χ1v) is 7.41. The van der Waals surface area contributed by atoms with Crippen molar-refractivity contribution >= 4 is 21.7 Å². The Hall–Kier alpha value is -1.81. The van der Waals surface area contributed by atoms with E-state index in [1.54, 1.807) is 14.0 Å². The molecule has 0 saturated heterocycles. The number of benzene rings is 2. The second kappa shape index (κ2) is 7.27. The van der Waals surface area contributed by atoms with E-state index in [-0.39, 0.29) is 5.78 Å². The summed E-state index contributed by atoms with van der Waals surface area (Å²) < 4.78 is 12.1. The number of hydrogen-bond donors (Lipinski definition) is 0. The maximum absolute atomic E-state index is 11.1. The lowest BCUT2D eigenvalue weighted by atomic mass is 10.1. The highest BCUT2D eigenvalue weighted by Gasteiger charge is 2.05. The summed E-state index contributed by atoms with van der Waals surface area (Å²) in [6.45, 7) is 2.01. The molecule has 0 amide bonds. The lowest BCUT2D eigenvalue weighted by molar-refractivity contribution is -0.116. The lowest BCUT2D eigenvalue weighted by Gasteiger charge is -2.11. The van der Waals surface area contributed by atoms with E-state index in [4.69, 9.17) is 9.47 Å². The maximum Gasteiger partial charge on any atom is 0.134 e. The molecule has 2 aromatic rings. The van der Waals surface area contributed by atoms with Gasteiger partial charge in [-0.15, -0.1) is 0 Å². The first kappa shape index (κ1) is 15.6. The van der Waals surface area contributed by atoms with Crippen molar-refractivity contribution in [2.45, 2.75) is 20.0 Å². The molecule has 4 heteroatoms. The Kier molecular flexibility index (Phi) is 5.39. The Labute approximate surface area is 133 Å². The fourth-order valence-corrected chi connectivity index (χ4v) is 2.42. The predicted molar refractivity (Wildman–Crippen MR) is 85.9 cm³/mol. The average Bonchev–Trinajstić information content (AvgIpc) is 2.46. The van der Waals surface area contributed by atoms with E-state index in [1.165, 1.54) is 0 Å². The topological polar surface area (TPSA) is 35.5 Å². The molecule has 0 heterocycles. The van der Waals surface area contributed by atoms with Crippen LogP contribution >= 0.6 is 15.9 Å². The zero-order valence-electron chi connectivity index (χ0n) is 12.1. The standard InChI is InChI=1S/C17H17BrO3/c1-12(19)9-13-3-6-16(7-4-13)21-11-14-10-15(18)5-8-17(14)20-2/h3-8,10H,9,11H2,1-2H3. The fraction of sp³-hybridized carbons (Fsp3) is 0.235. The Morgan fingerprint density at radius 2 is 1.86 bits per heavy atom. The van der Waals surface area contributed by atoms with Gasteiger partial charge in [0.25, 0.3) is 0 Å². The van der Waals surface area contributed by atoms with Crippen LogP contribution in [0.2, 0.25) is 0 Å². The molecule has 0 aliphatic rings. The average molecular weight is 349 g/mol. The number of carbonyl (C=O) groups is 1. The molecule has 0 radical (unpaired) electrons. The minimum absolute atomic E-state index is 0.155. The van der Waals surface area contributed by atoms with Gasteiger partial charge in [0.05, 0.1) is 7.11 Å². The third-order valence-corrected chi connectivity index (χ3v) is 3.51. The molecular weight excluding hydrogens is 332 g/mol. The highest BCUT2D eigenvalue weighted by Crippen LogP contribution is 2.24. The maximum atomic E-state index is 11.1. The molecule has 0 N–H and O–H groups in total. The van der Waals surface area contributed by atoms with Gasteiger partial charge in [-0.1, -0.05) is 28.1 Å². The molecule has 2 rings (SSSR count). The third kappa shape index (κ3) is 4.60. The molecule has 0 fully saturated rings. The monoisotopic (exact) mass is 348 g/mol. The quantitative estimate of drug-likeness (QED) is 0.785. The summed E-state index contributed by atoms with van der Waals surface area (Å²) in [5, 5.41) is 0. The van der Waals surface area contributed by atoms with Crippen molar-refractivity contribution in [3.63, 3.8) is 0 Å². The van der Waals surface area contributed by atoms with E-state index >= 15 is 0 Å². The largest absolute Gasteiger partial charge is 0.496 e. The Balaban J connectivity index is 2.03. The third-order valence-electron chi connectivity index (χ3n) is 3.01. The van der Waals surface area contributed by atoms with Crippen molar-refractivity contribution in [1.29, 1.82) is 0 Å². The van der Waals surface area contributed by atoms with Gasteiger partial charge in [-0.25, -0.2) is 0 Å². The van der Waals surface area contributed by atoms with Gasteiger partial charge in [0.15, 0.2) is 0 Å². The lowest BCUT2D eigenvalue weighted by Crippen LogP contribution is -2.00. The summed E-state index contributed by atoms with van der Waals surface area (Å²) in [4.78, 5) is 11.1. The smallest absolute Gasteiger partial charge is 0.134 e. The van der Waals surface area contributed by atoms with E-state index in [2.05, 4.69) is 15.9 Å². The molecule has 0 atom stereocenters. The molecular formula is C17H17BrO3. The zero-order valence-corrected chi connectivity index (χ0v) is 13.6. The van der Waals surface area contributed by atoms with Crippen LogP contribution in [0.3, 0.4) is 0 Å². The Morgan fingerprint density at radius 3 is 2.48 bits per heavy atom. The van der Waals surface area contributed by atoms with Crippen LogP contribution in [0.4, 0.5) is 0 Å². The van der Waals surface area contributed by atoms with Crippen molar-refractivity contribution in [1.82, 2.24) is 0 Å². The molecule has 0 saturated carbocycles. The van der Waals surface area contributed by atoms with Gasteiger partial charge >= 0.3 is 0 Å². The van der Waals surface area contributed by atoms with Crippen LogP contribution in [-0.4, -0.2) is 12.9 Å². The van der Waals surface area contributed by atoms with Gasteiger partial charge in [-0.05, 0) is 42.8 Å². The highest BCUT2D eigenvalue weighted by atomic mass is 79.9. The van der Waals surface area contributed by atoms with E-state index in [9.17, 15) is 4.79 Å². The minimum atomic E-state index is 0.155. The molecule has 0 unspecified atom stereocenters. The number of carbonyl (C=O) groups excluding carboxylic acids is 1. The van der Waals surface area contributed by atoms with Crippen molar-refractivity contribution in [3.05, 3.63) is 58.1 Å². The van der Waals surface area contributed by atoms with Crippen LogP contribution in [-0.2, 0) is 17.8 Å². The van der Waals surface area contributed by atoms with Crippen molar-refractivity contribution in [2.75, 3.05) is 7.11 Å². The van der Waals surface area contributed by atoms with Gasteiger partial charge in [-0.3, -0.25) is 4.79 Å². The summed E-state index contributed by atoms with van der Waals surface area (Å²) >= 11 is 3.44. The van der Waals surface area contributed by atoms with E-state index in [0.29, 0.717) is 13.0 Å². The number of methoxy groups -OCH3 is 1. The van der Waals surface area contributed by atoms with E-state index in [1.807, 2.05) is 42.5 Å². The molecule has 0 spiro atoms. The fourth-order valence-electron chi connectivity index (χ4n) is 2.01. The normalized spacial score (nSPS) is 10.2. The van der Waals surface area contributed by atoms with E-state index < -0.39 is 0 Å². The van der Waals surface area contributed by atoms with Crippen LogP contribution in [0, 0.1) is 0 Å². The summed E-state index contributed by atoms with van der Waals surface area (Å²) in [5.74, 6) is 1.72. The number of hydrogen-bond acceptors (Lipinski definition) is 3. The van der Waals surface area contributed by atoms with Crippen LogP contribution in [0.25, 0.3) is 0 Å². The van der Waals surface area contributed by atoms with Crippen LogP contribution in [0.15, 0.2) is 46.9 Å². The molecule has 3 nitrogen and oxygen atoms in total. The van der Waals surface area contributed by atoms with Crippen LogP contribution in [0.5, 0.6) is 11.5 Å². The molecule has 2 aromatic carbocycles. The molecule has 110 valence electrons. The number of halogens is 1. The van der Waals surface area contributed by atoms with Crippen LogP contribution in [0.1, 0.15) is 18.1 Å².